The van der Waals surface area contributed by atoms with Crippen LogP contribution in [0.1, 0.15) is 11.8 Å². The predicted molar refractivity (Wildman–Crippen MR) is 98.7 cm³/mol. The fourth-order valence-corrected chi connectivity index (χ4v) is 3.42. The van der Waals surface area contributed by atoms with E-state index in [1.807, 2.05) is 12.1 Å². The van der Waals surface area contributed by atoms with Crippen LogP contribution in [0, 0.1) is 10.1 Å². The number of carbonyl (C=O) groups excluding carboxylic acids is 1. The number of nitro groups is 1. The van der Waals surface area contributed by atoms with E-state index in [0.717, 1.165) is 8.66 Å². The molecule has 1 aromatic heterocycles. The summed E-state index contributed by atoms with van der Waals surface area (Å²) in [7, 11) is 0. The van der Waals surface area contributed by atoms with Crippen LogP contribution in [-0.4, -0.2) is 23.1 Å². The molecule has 2 aromatic rings. The Morgan fingerprint density at radius 3 is 2.71 bits per heavy atom. The maximum atomic E-state index is 11.8. The number of hydrogen-bond acceptors (Lipinski definition) is 6. The average Bonchev–Trinajstić information content (AvgIpc) is 2.97. The van der Waals surface area contributed by atoms with Crippen molar-refractivity contribution < 1.29 is 14.5 Å². The lowest BCUT2D eigenvalue weighted by atomic mass is 10.3. The van der Waals surface area contributed by atoms with Crippen molar-refractivity contribution in [2.45, 2.75) is 6.92 Å². The highest BCUT2D eigenvalue weighted by Gasteiger charge is 2.11. The van der Waals surface area contributed by atoms with Crippen LogP contribution in [0.25, 0.3) is 0 Å². The van der Waals surface area contributed by atoms with E-state index in [0.29, 0.717) is 15.9 Å². The van der Waals surface area contributed by atoms with E-state index < -0.39 is 10.8 Å². The van der Waals surface area contributed by atoms with Gasteiger partial charge < -0.3 is 4.74 Å². The van der Waals surface area contributed by atoms with E-state index in [4.69, 9.17) is 4.74 Å². The summed E-state index contributed by atoms with van der Waals surface area (Å²) in [6.45, 7) is 1.52. The number of carbonyl (C=O) groups is 1. The minimum absolute atomic E-state index is 0.0685. The predicted octanol–water partition coefficient (Wildman–Crippen LogP) is 4.10. The Balaban J connectivity index is 1.90. The molecule has 0 radical (unpaired) electrons. The van der Waals surface area contributed by atoms with Gasteiger partial charge in [0.1, 0.15) is 5.75 Å². The van der Waals surface area contributed by atoms with E-state index in [9.17, 15) is 14.9 Å². The van der Waals surface area contributed by atoms with Crippen LogP contribution in [0.2, 0.25) is 0 Å². The third kappa shape index (κ3) is 5.11. The Hall–Kier alpha value is -1.78. The van der Waals surface area contributed by atoms with Gasteiger partial charge in [0.25, 0.3) is 11.6 Å². The Bertz CT molecular complexity index is 807. The molecule has 0 atom stereocenters. The summed E-state index contributed by atoms with van der Waals surface area (Å²) in [5.74, 6) is -0.103. The monoisotopic (exact) mass is 475 g/mol. The summed E-state index contributed by atoms with van der Waals surface area (Å²) in [6.07, 6.45) is 0. The molecule has 24 heavy (non-hydrogen) atoms. The molecule has 1 aromatic carbocycles. The Morgan fingerprint density at radius 1 is 1.38 bits per heavy atom. The number of rotatable bonds is 6. The number of amides is 1. The zero-order valence-electron chi connectivity index (χ0n) is 12.3. The van der Waals surface area contributed by atoms with Gasteiger partial charge in [-0.3, -0.25) is 14.9 Å². The smallest absolute Gasteiger partial charge is 0.277 e. The first-order valence-electron chi connectivity index (χ1n) is 6.52. The summed E-state index contributed by atoms with van der Waals surface area (Å²) < 4.78 is 6.69. The second-order valence-electron chi connectivity index (χ2n) is 4.50. The number of halogens is 2. The highest BCUT2D eigenvalue weighted by Crippen LogP contribution is 2.29. The molecule has 0 aliphatic heterocycles. The van der Waals surface area contributed by atoms with Gasteiger partial charge in [0.2, 0.25) is 0 Å². The van der Waals surface area contributed by atoms with Crippen molar-refractivity contribution in [3.05, 3.63) is 53.6 Å². The SMILES string of the molecule is C/C(=N/NC(=O)COc1ccc([N+](=O)[O-])cc1Br)c1ccc(Br)s1. The highest BCUT2D eigenvalue weighted by atomic mass is 79.9. The van der Waals surface area contributed by atoms with Crippen LogP contribution in [0.4, 0.5) is 5.69 Å². The maximum absolute atomic E-state index is 11.8. The third-order valence-electron chi connectivity index (χ3n) is 2.76. The summed E-state index contributed by atoms with van der Waals surface area (Å²) in [5, 5.41) is 14.7. The van der Waals surface area contributed by atoms with E-state index in [1.54, 1.807) is 6.92 Å². The first-order chi connectivity index (χ1) is 11.4. The number of ether oxygens (including phenoxy) is 1. The summed E-state index contributed by atoms with van der Waals surface area (Å²) in [4.78, 5) is 22.9. The molecule has 126 valence electrons. The summed E-state index contributed by atoms with van der Waals surface area (Å²) >= 11 is 8.04. The molecule has 7 nitrogen and oxygen atoms in total. The lowest BCUT2D eigenvalue weighted by molar-refractivity contribution is -0.384. The van der Waals surface area contributed by atoms with Gasteiger partial charge in [-0.25, -0.2) is 5.43 Å². The van der Waals surface area contributed by atoms with Gasteiger partial charge in [0, 0.05) is 12.1 Å². The van der Waals surface area contributed by atoms with Crippen molar-refractivity contribution in [1.82, 2.24) is 5.43 Å². The Labute approximate surface area is 158 Å². The van der Waals surface area contributed by atoms with Gasteiger partial charge in [-0.05, 0) is 57.0 Å². The molecule has 1 amide bonds. The number of hydrazone groups is 1. The fraction of sp³-hybridized carbons (Fsp3) is 0.143. The van der Waals surface area contributed by atoms with Crippen molar-refractivity contribution in [1.29, 1.82) is 0 Å². The largest absolute Gasteiger partial charge is 0.483 e. The van der Waals surface area contributed by atoms with Gasteiger partial charge in [-0.15, -0.1) is 11.3 Å². The summed E-state index contributed by atoms with van der Waals surface area (Å²) in [5.41, 5.74) is 3.01. The minimum atomic E-state index is -0.512. The molecular formula is C14H11Br2N3O4S. The molecule has 0 saturated heterocycles. The van der Waals surface area contributed by atoms with Crippen LogP contribution >= 0.6 is 43.2 Å². The number of benzene rings is 1. The van der Waals surface area contributed by atoms with Gasteiger partial charge in [-0.1, -0.05) is 0 Å². The van der Waals surface area contributed by atoms with Crippen molar-refractivity contribution in [3.8, 4) is 5.75 Å². The Kier molecular flexibility index (Phi) is 6.46. The quantitative estimate of drug-likeness (QED) is 0.385. The van der Waals surface area contributed by atoms with Crippen molar-refractivity contribution in [3.63, 3.8) is 0 Å². The number of non-ortho nitro benzene ring substituents is 1. The molecule has 2 rings (SSSR count). The van der Waals surface area contributed by atoms with Gasteiger partial charge in [0.15, 0.2) is 6.61 Å². The number of nitrogens with one attached hydrogen (secondary N) is 1. The number of thiophene rings is 1. The van der Waals surface area contributed by atoms with Gasteiger partial charge in [0.05, 0.1) is 23.8 Å². The number of nitro benzene ring substituents is 1. The van der Waals surface area contributed by atoms with Gasteiger partial charge in [-0.2, -0.15) is 5.10 Å². The van der Waals surface area contributed by atoms with Crippen LogP contribution < -0.4 is 10.2 Å². The first kappa shape index (κ1) is 18.6. The zero-order valence-corrected chi connectivity index (χ0v) is 16.3. The minimum Gasteiger partial charge on any atom is -0.483 e. The van der Waals surface area contributed by atoms with Crippen molar-refractivity contribution in [2.24, 2.45) is 5.10 Å². The fourth-order valence-electron chi connectivity index (χ4n) is 1.61. The second-order valence-corrected chi connectivity index (χ2v) is 7.81. The summed E-state index contributed by atoms with van der Waals surface area (Å²) in [6, 6.07) is 7.83. The topological polar surface area (TPSA) is 93.8 Å². The van der Waals surface area contributed by atoms with Crippen LogP contribution in [0.5, 0.6) is 5.75 Å². The molecule has 1 N–H and O–H groups in total. The molecule has 0 saturated carbocycles. The normalized spacial score (nSPS) is 11.2. The molecule has 0 aliphatic carbocycles. The van der Waals surface area contributed by atoms with Crippen molar-refractivity contribution >= 4 is 60.5 Å². The van der Waals surface area contributed by atoms with E-state index in [1.165, 1.54) is 29.5 Å². The molecule has 1 heterocycles. The van der Waals surface area contributed by atoms with Gasteiger partial charge >= 0.3 is 0 Å². The molecule has 0 unspecified atom stereocenters. The van der Waals surface area contributed by atoms with Crippen LogP contribution in [-0.2, 0) is 4.79 Å². The molecule has 0 bridgehead atoms. The van der Waals surface area contributed by atoms with E-state index in [-0.39, 0.29) is 12.3 Å². The number of nitrogens with zero attached hydrogens (tertiary/aromatic N) is 2. The first-order valence-corrected chi connectivity index (χ1v) is 8.92. The van der Waals surface area contributed by atoms with E-state index in [2.05, 4.69) is 42.4 Å². The molecular weight excluding hydrogens is 466 g/mol. The molecule has 0 fully saturated rings. The van der Waals surface area contributed by atoms with E-state index >= 15 is 0 Å². The molecule has 10 heteroatoms. The highest BCUT2D eigenvalue weighted by molar-refractivity contribution is 9.11. The Morgan fingerprint density at radius 2 is 2.12 bits per heavy atom. The van der Waals surface area contributed by atoms with Crippen LogP contribution in [0.3, 0.4) is 0 Å². The third-order valence-corrected chi connectivity index (χ3v) is 5.12. The molecule has 0 spiro atoms. The standard InChI is InChI=1S/C14H11Br2N3O4S/c1-8(12-4-5-13(16)24-12)17-18-14(20)7-23-11-3-2-9(19(21)22)6-10(11)15/h2-6H,7H2,1H3,(H,18,20)/b17-8-. The lowest BCUT2D eigenvalue weighted by Gasteiger charge is -2.07. The molecule has 0 aliphatic rings. The zero-order chi connectivity index (χ0) is 17.7. The maximum Gasteiger partial charge on any atom is 0.277 e. The van der Waals surface area contributed by atoms with Crippen LogP contribution in [0.15, 0.2) is 43.7 Å². The number of hydrogen-bond donors (Lipinski definition) is 1. The van der Waals surface area contributed by atoms with Crippen molar-refractivity contribution in [2.75, 3.05) is 6.61 Å². The average molecular weight is 477 g/mol. The second kappa shape index (κ2) is 8.36. The lowest BCUT2D eigenvalue weighted by Crippen LogP contribution is -2.25.